The summed E-state index contributed by atoms with van der Waals surface area (Å²) < 4.78 is 28.6. The van der Waals surface area contributed by atoms with Gasteiger partial charge in [-0.05, 0) is 32.1 Å². The summed E-state index contributed by atoms with van der Waals surface area (Å²) in [4.78, 5) is 0. The van der Waals surface area contributed by atoms with E-state index in [0.29, 0.717) is 6.10 Å². The Morgan fingerprint density at radius 2 is 1.30 bits per heavy atom. The van der Waals surface area contributed by atoms with Crippen molar-refractivity contribution < 1.29 is 13.1 Å². The SMILES string of the molecule is CCCCCCCCCCCCOC1CCC(O[S-](=N)=O)CC1. The minimum atomic E-state index is -1.88. The summed E-state index contributed by atoms with van der Waals surface area (Å²) in [5.74, 6) is 0. The molecule has 0 bridgehead atoms. The number of hydrogen-bond acceptors (Lipinski definition) is 5. The Morgan fingerprint density at radius 1 is 0.826 bits per heavy atom. The number of rotatable bonds is 14. The van der Waals surface area contributed by atoms with Crippen molar-refractivity contribution in [3.63, 3.8) is 0 Å². The highest BCUT2D eigenvalue weighted by molar-refractivity contribution is 7.68. The molecule has 0 unspecified atom stereocenters. The lowest BCUT2D eigenvalue weighted by molar-refractivity contribution is 0.00356. The molecule has 1 saturated carbocycles. The van der Waals surface area contributed by atoms with Crippen LogP contribution in [0.1, 0.15) is 96.8 Å². The number of nitrogens with one attached hydrogen (secondary N) is 1. The van der Waals surface area contributed by atoms with Crippen LogP contribution < -0.4 is 0 Å². The first-order valence-electron chi connectivity index (χ1n) is 9.64. The van der Waals surface area contributed by atoms with E-state index in [1.165, 1.54) is 64.2 Å². The average molecular weight is 347 g/mol. The van der Waals surface area contributed by atoms with E-state index in [9.17, 15) is 4.21 Å². The van der Waals surface area contributed by atoms with Crippen LogP contribution >= 0.6 is 0 Å². The van der Waals surface area contributed by atoms with E-state index in [4.69, 9.17) is 13.7 Å². The fourth-order valence-electron chi connectivity index (χ4n) is 3.26. The Bertz CT molecular complexity index is 331. The van der Waals surface area contributed by atoms with Crippen molar-refractivity contribution in [1.29, 1.82) is 4.78 Å². The maximum Gasteiger partial charge on any atom is 0.0577 e. The van der Waals surface area contributed by atoms with E-state index in [1.54, 1.807) is 0 Å². The van der Waals surface area contributed by atoms with Crippen LogP contribution in [0.2, 0.25) is 0 Å². The van der Waals surface area contributed by atoms with Gasteiger partial charge in [0.05, 0.1) is 6.10 Å². The zero-order valence-corrected chi connectivity index (χ0v) is 15.7. The van der Waals surface area contributed by atoms with Crippen molar-refractivity contribution in [2.45, 2.75) is 109 Å². The molecular formula is C18H36NO3S-. The van der Waals surface area contributed by atoms with E-state index >= 15 is 0 Å². The van der Waals surface area contributed by atoms with Crippen LogP contribution in [0.3, 0.4) is 0 Å². The van der Waals surface area contributed by atoms with Crippen molar-refractivity contribution >= 4 is 10.9 Å². The molecule has 1 rings (SSSR count). The first-order chi connectivity index (χ1) is 11.2. The Kier molecular flexibility index (Phi) is 12.9. The van der Waals surface area contributed by atoms with Crippen molar-refractivity contribution in [3.8, 4) is 0 Å². The van der Waals surface area contributed by atoms with Gasteiger partial charge >= 0.3 is 0 Å². The first-order valence-corrected chi connectivity index (χ1v) is 10.7. The Balaban J connectivity index is 1.83. The summed E-state index contributed by atoms with van der Waals surface area (Å²) in [6, 6.07) is 0. The predicted molar refractivity (Wildman–Crippen MR) is 95.7 cm³/mol. The van der Waals surface area contributed by atoms with Gasteiger partial charge in [0.15, 0.2) is 0 Å². The highest BCUT2D eigenvalue weighted by Gasteiger charge is 2.20. The fraction of sp³-hybridized carbons (Fsp3) is 1.00. The van der Waals surface area contributed by atoms with Gasteiger partial charge in [0.1, 0.15) is 0 Å². The molecule has 1 aliphatic rings. The van der Waals surface area contributed by atoms with E-state index in [2.05, 4.69) is 6.92 Å². The van der Waals surface area contributed by atoms with Crippen LogP contribution in [-0.2, 0) is 24.0 Å². The molecule has 1 N–H and O–H groups in total. The lowest BCUT2D eigenvalue weighted by Crippen LogP contribution is -2.26. The van der Waals surface area contributed by atoms with Gasteiger partial charge in [-0.25, -0.2) is 0 Å². The van der Waals surface area contributed by atoms with Gasteiger partial charge < -0.3 is 17.9 Å². The number of ether oxygens (including phenoxy) is 1. The molecule has 0 aromatic rings. The molecule has 0 aromatic carbocycles. The molecule has 0 saturated heterocycles. The van der Waals surface area contributed by atoms with Gasteiger partial charge in [-0.15, -0.1) is 0 Å². The highest BCUT2D eigenvalue weighted by Crippen LogP contribution is 2.24. The van der Waals surface area contributed by atoms with Crippen LogP contribution in [-0.4, -0.2) is 18.8 Å². The van der Waals surface area contributed by atoms with Crippen LogP contribution in [0, 0.1) is 4.78 Å². The highest BCUT2D eigenvalue weighted by atomic mass is 32.2. The third kappa shape index (κ3) is 12.0. The molecule has 1 fully saturated rings. The molecule has 1 aliphatic carbocycles. The average Bonchev–Trinajstić information content (AvgIpc) is 2.53. The van der Waals surface area contributed by atoms with Crippen molar-refractivity contribution in [2.75, 3.05) is 6.61 Å². The minimum Gasteiger partial charge on any atom is -0.436 e. The van der Waals surface area contributed by atoms with Crippen molar-refractivity contribution in [1.82, 2.24) is 0 Å². The molecule has 138 valence electrons. The molecule has 0 atom stereocenters. The van der Waals surface area contributed by atoms with Crippen LogP contribution in [0.15, 0.2) is 0 Å². The van der Waals surface area contributed by atoms with Crippen LogP contribution in [0.4, 0.5) is 0 Å². The summed E-state index contributed by atoms with van der Waals surface area (Å²) in [5.41, 5.74) is 0. The van der Waals surface area contributed by atoms with Crippen LogP contribution in [0.25, 0.3) is 0 Å². The quantitative estimate of drug-likeness (QED) is 0.315. The molecule has 0 spiro atoms. The predicted octanol–water partition coefficient (Wildman–Crippen LogP) is 5.89. The normalized spacial score (nSPS) is 21.8. The molecule has 0 aliphatic heterocycles. The molecule has 0 amide bonds. The second-order valence-electron chi connectivity index (χ2n) is 6.78. The monoisotopic (exact) mass is 346 g/mol. The lowest BCUT2D eigenvalue weighted by Gasteiger charge is -2.29. The topological polar surface area (TPSA) is 59.4 Å². The van der Waals surface area contributed by atoms with Crippen LogP contribution in [0.5, 0.6) is 0 Å². The van der Waals surface area contributed by atoms with E-state index in [-0.39, 0.29) is 6.10 Å². The van der Waals surface area contributed by atoms with Crippen molar-refractivity contribution in [3.05, 3.63) is 0 Å². The summed E-state index contributed by atoms with van der Waals surface area (Å²) in [6.07, 6.45) is 17.5. The Morgan fingerprint density at radius 3 is 1.83 bits per heavy atom. The summed E-state index contributed by atoms with van der Waals surface area (Å²) >= 11 is 0. The molecule has 0 radical (unpaired) electrons. The third-order valence-corrected chi connectivity index (χ3v) is 5.14. The van der Waals surface area contributed by atoms with Gasteiger partial charge in [-0.2, -0.15) is 0 Å². The van der Waals surface area contributed by atoms with Gasteiger partial charge in [0.25, 0.3) is 0 Å². The Labute approximate surface area is 144 Å². The second kappa shape index (κ2) is 14.2. The minimum absolute atomic E-state index is 0.00879. The number of unbranched alkanes of at least 4 members (excludes halogenated alkanes) is 9. The smallest absolute Gasteiger partial charge is 0.0577 e. The maximum atomic E-state index is 10.7. The Hall–Kier alpha value is -0.130. The maximum absolute atomic E-state index is 10.7. The van der Waals surface area contributed by atoms with Gasteiger partial charge in [0, 0.05) is 12.7 Å². The number of hydrogen-bond donors (Lipinski definition) is 1. The lowest BCUT2D eigenvalue weighted by atomic mass is 9.95. The molecule has 5 heteroatoms. The van der Waals surface area contributed by atoms with Gasteiger partial charge in [-0.3, -0.25) is 0 Å². The zero-order valence-electron chi connectivity index (χ0n) is 14.9. The standard InChI is InChI=1S/C18H36NO3S/c1-2-3-4-5-6-7-8-9-10-11-16-21-17-12-14-18(15-13-17)22-23(19)20/h17-19H,2-16H2,1H3/q-1. The summed E-state index contributed by atoms with van der Waals surface area (Å²) in [6.45, 7) is 3.14. The molecule has 4 nitrogen and oxygen atoms in total. The summed E-state index contributed by atoms with van der Waals surface area (Å²) in [7, 11) is -1.88. The van der Waals surface area contributed by atoms with Gasteiger partial charge in [0.2, 0.25) is 0 Å². The van der Waals surface area contributed by atoms with Crippen molar-refractivity contribution in [2.24, 2.45) is 0 Å². The largest absolute Gasteiger partial charge is 0.436 e. The van der Waals surface area contributed by atoms with E-state index in [0.717, 1.165) is 32.3 Å². The fourth-order valence-corrected chi connectivity index (χ4v) is 3.70. The second-order valence-corrected chi connectivity index (χ2v) is 7.44. The summed E-state index contributed by atoms with van der Waals surface area (Å²) in [5, 5.41) is 0. The molecule has 0 heterocycles. The zero-order chi connectivity index (χ0) is 16.8. The molecule has 23 heavy (non-hydrogen) atoms. The van der Waals surface area contributed by atoms with E-state index < -0.39 is 10.9 Å². The third-order valence-electron chi connectivity index (χ3n) is 4.70. The van der Waals surface area contributed by atoms with Gasteiger partial charge in [-0.1, -0.05) is 75.6 Å². The molecule has 0 aromatic heterocycles. The van der Waals surface area contributed by atoms with E-state index in [1.807, 2.05) is 0 Å². The first kappa shape index (κ1) is 20.9. The molecular weight excluding hydrogens is 310 g/mol.